The van der Waals surface area contributed by atoms with Gasteiger partial charge in [0.15, 0.2) is 0 Å². The van der Waals surface area contributed by atoms with Gasteiger partial charge in [-0.2, -0.15) is 0 Å². The molecule has 4 nitrogen and oxygen atoms in total. The number of carbonyl (C=O) groups is 1. The van der Waals surface area contributed by atoms with E-state index < -0.39 is 11.5 Å². The molecular formula is C16H18FNO3. The van der Waals surface area contributed by atoms with Gasteiger partial charge < -0.3 is 14.8 Å². The summed E-state index contributed by atoms with van der Waals surface area (Å²) in [6.45, 7) is 3.54. The van der Waals surface area contributed by atoms with Gasteiger partial charge in [0.05, 0.1) is 18.2 Å². The molecule has 21 heavy (non-hydrogen) atoms. The highest BCUT2D eigenvalue weighted by Crippen LogP contribution is 2.24. The zero-order chi connectivity index (χ0) is 15.5. The van der Waals surface area contributed by atoms with Crippen LogP contribution in [-0.2, 0) is 10.2 Å². The van der Waals surface area contributed by atoms with Gasteiger partial charge in [-0.25, -0.2) is 4.39 Å². The number of aliphatic hydroxyl groups is 1. The third-order valence-corrected chi connectivity index (χ3v) is 3.46. The molecule has 0 saturated heterocycles. The van der Waals surface area contributed by atoms with Crippen molar-refractivity contribution in [2.75, 3.05) is 6.54 Å². The minimum absolute atomic E-state index is 0.0526. The number of hydrogen-bond donors (Lipinski definition) is 2. The SMILES string of the molecule is CC(C)(C(=O)NCC(O)c1ccco1)c1ccc(F)cc1. The fourth-order valence-corrected chi connectivity index (χ4v) is 1.99. The van der Waals surface area contributed by atoms with Gasteiger partial charge in [0.2, 0.25) is 5.91 Å². The molecule has 0 spiro atoms. The van der Waals surface area contributed by atoms with Crippen molar-refractivity contribution < 1.29 is 18.7 Å². The highest BCUT2D eigenvalue weighted by molar-refractivity contribution is 5.87. The Bertz CT molecular complexity index is 590. The van der Waals surface area contributed by atoms with Crippen molar-refractivity contribution in [2.24, 2.45) is 0 Å². The minimum atomic E-state index is -0.895. The van der Waals surface area contributed by atoms with Crippen molar-refractivity contribution in [3.8, 4) is 0 Å². The van der Waals surface area contributed by atoms with Crippen molar-refractivity contribution >= 4 is 5.91 Å². The lowest BCUT2D eigenvalue weighted by atomic mass is 9.83. The first-order chi connectivity index (χ1) is 9.91. The topological polar surface area (TPSA) is 62.5 Å². The van der Waals surface area contributed by atoms with Crippen LogP contribution >= 0.6 is 0 Å². The van der Waals surface area contributed by atoms with Gasteiger partial charge >= 0.3 is 0 Å². The van der Waals surface area contributed by atoms with E-state index in [1.807, 2.05) is 0 Å². The van der Waals surface area contributed by atoms with Crippen molar-refractivity contribution in [1.82, 2.24) is 5.32 Å². The van der Waals surface area contributed by atoms with Crippen LogP contribution in [0, 0.1) is 5.82 Å². The fourth-order valence-electron chi connectivity index (χ4n) is 1.99. The summed E-state index contributed by atoms with van der Waals surface area (Å²) in [4.78, 5) is 12.3. The van der Waals surface area contributed by atoms with E-state index >= 15 is 0 Å². The molecule has 2 aromatic rings. The van der Waals surface area contributed by atoms with Crippen LogP contribution in [0.15, 0.2) is 47.1 Å². The molecule has 1 amide bonds. The summed E-state index contributed by atoms with van der Waals surface area (Å²) in [6, 6.07) is 9.12. The van der Waals surface area contributed by atoms with Gasteiger partial charge in [-0.3, -0.25) is 4.79 Å². The number of nitrogens with one attached hydrogen (secondary N) is 1. The summed E-state index contributed by atoms with van der Waals surface area (Å²) in [5.74, 6) is -0.196. The molecule has 1 aromatic carbocycles. The van der Waals surface area contributed by atoms with Crippen LogP contribution in [0.25, 0.3) is 0 Å². The Kier molecular flexibility index (Phi) is 4.43. The molecule has 2 N–H and O–H groups in total. The van der Waals surface area contributed by atoms with Gasteiger partial charge in [-0.15, -0.1) is 0 Å². The standard InChI is InChI=1S/C16H18FNO3/c1-16(2,11-5-7-12(17)8-6-11)15(20)18-10-13(19)14-4-3-9-21-14/h3-9,13,19H,10H2,1-2H3,(H,18,20). The van der Waals surface area contributed by atoms with Crippen LogP contribution < -0.4 is 5.32 Å². The highest BCUT2D eigenvalue weighted by Gasteiger charge is 2.30. The number of benzene rings is 1. The first-order valence-corrected chi connectivity index (χ1v) is 6.67. The number of aliphatic hydroxyl groups excluding tert-OH is 1. The van der Waals surface area contributed by atoms with Crippen LogP contribution in [-0.4, -0.2) is 17.6 Å². The fraction of sp³-hybridized carbons (Fsp3) is 0.312. The normalized spacial score (nSPS) is 13.0. The molecule has 1 atom stereocenters. The van der Waals surface area contributed by atoms with Crippen molar-refractivity contribution in [3.63, 3.8) is 0 Å². The number of hydrogen-bond acceptors (Lipinski definition) is 3. The highest BCUT2D eigenvalue weighted by atomic mass is 19.1. The lowest BCUT2D eigenvalue weighted by Crippen LogP contribution is -2.41. The van der Waals surface area contributed by atoms with E-state index in [0.717, 1.165) is 0 Å². The van der Waals surface area contributed by atoms with Gasteiger partial charge in [-0.1, -0.05) is 12.1 Å². The van der Waals surface area contributed by atoms with E-state index in [0.29, 0.717) is 11.3 Å². The maximum Gasteiger partial charge on any atom is 0.230 e. The molecule has 2 rings (SSSR count). The lowest BCUT2D eigenvalue weighted by Gasteiger charge is -2.24. The largest absolute Gasteiger partial charge is 0.467 e. The first-order valence-electron chi connectivity index (χ1n) is 6.67. The second-order valence-electron chi connectivity index (χ2n) is 5.37. The Morgan fingerprint density at radius 2 is 2.00 bits per heavy atom. The van der Waals surface area contributed by atoms with Crippen molar-refractivity contribution in [1.29, 1.82) is 0 Å². The number of amides is 1. The van der Waals surface area contributed by atoms with Gasteiger partial charge in [0.25, 0.3) is 0 Å². The van der Waals surface area contributed by atoms with E-state index in [1.54, 1.807) is 38.1 Å². The third kappa shape index (κ3) is 3.49. The van der Waals surface area contributed by atoms with Gasteiger partial charge in [0, 0.05) is 0 Å². The van der Waals surface area contributed by atoms with Crippen LogP contribution in [0.1, 0.15) is 31.3 Å². The zero-order valence-corrected chi connectivity index (χ0v) is 12.0. The maximum absolute atomic E-state index is 12.9. The van der Waals surface area contributed by atoms with Crippen LogP contribution in [0.3, 0.4) is 0 Å². The molecule has 0 aliphatic carbocycles. The van der Waals surface area contributed by atoms with Crippen LogP contribution in [0.5, 0.6) is 0 Å². The molecule has 0 aliphatic rings. The Hall–Kier alpha value is -2.14. The minimum Gasteiger partial charge on any atom is -0.467 e. The molecule has 0 radical (unpaired) electrons. The van der Waals surface area contributed by atoms with E-state index in [9.17, 15) is 14.3 Å². The molecule has 0 saturated carbocycles. The smallest absolute Gasteiger partial charge is 0.230 e. The molecule has 1 heterocycles. The molecule has 1 aromatic heterocycles. The summed E-state index contributed by atoms with van der Waals surface area (Å²) in [5.41, 5.74) is -0.120. The second-order valence-corrected chi connectivity index (χ2v) is 5.37. The molecule has 0 fully saturated rings. The second kappa shape index (κ2) is 6.10. The summed E-state index contributed by atoms with van der Waals surface area (Å²) in [7, 11) is 0. The Balaban J connectivity index is 2.00. The summed E-state index contributed by atoms with van der Waals surface area (Å²) >= 11 is 0. The lowest BCUT2D eigenvalue weighted by molar-refractivity contribution is -0.126. The van der Waals surface area contributed by atoms with Crippen LogP contribution in [0.2, 0.25) is 0 Å². The first kappa shape index (κ1) is 15.3. The number of furan rings is 1. The maximum atomic E-state index is 12.9. The molecule has 112 valence electrons. The monoisotopic (exact) mass is 291 g/mol. The van der Waals surface area contributed by atoms with Gasteiger partial charge in [0.1, 0.15) is 17.7 Å². The number of halogens is 1. The van der Waals surface area contributed by atoms with E-state index in [2.05, 4.69) is 5.32 Å². The van der Waals surface area contributed by atoms with E-state index in [-0.39, 0.29) is 18.3 Å². The average molecular weight is 291 g/mol. The zero-order valence-electron chi connectivity index (χ0n) is 12.0. The molecular weight excluding hydrogens is 273 g/mol. The molecule has 1 unspecified atom stereocenters. The Morgan fingerprint density at radius 3 is 2.57 bits per heavy atom. The van der Waals surface area contributed by atoms with Crippen LogP contribution in [0.4, 0.5) is 4.39 Å². The molecule has 0 aliphatic heterocycles. The number of rotatable bonds is 5. The predicted molar refractivity (Wildman–Crippen MR) is 76.1 cm³/mol. The van der Waals surface area contributed by atoms with Crippen molar-refractivity contribution in [2.45, 2.75) is 25.4 Å². The molecule has 0 bridgehead atoms. The van der Waals surface area contributed by atoms with Gasteiger partial charge in [-0.05, 0) is 43.7 Å². The average Bonchev–Trinajstić information content (AvgIpc) is 2.99. The Morgan fingerprint density at radius 1 is 1.33 bits per heavy atom. The summed E-state index contributed by atoms with van der Waals surface area (Å²) in [5, 5.41) is 12.6. The van der Waals surface area contributed by atoms with E-state index in [1.165, 1.54) is 18.4 Å². The van der Waals surface area contributed by atoms with E-state index in [4.69, 9.17) is 4.42 Å². The summed E-state index contributed by atoms with van der Waals surface area (Å²) < 4.78 is 18.0. The quantitative estimate of drug-likeness (QED) is 0.890. The predicted octanol–water partition coefficient (Wildman–Crippen LogP) is 2.55. The third-order valence-electron chi connectivity index (χ3n) is 3.46. The molecule has 5 heteroatoms. The summed E-state index contributed by atoms with van der Waals surface area (Å²) in [6.07, 6.45) is 0.566. The van der Waals surface area contributed by atoms with Crippen molar-refractivity contribution in [3.05, 3.63) is 59.8 Å². The number of carbonyl (C=O) groups excluding carboxylic acids is 1. The Labute approximate surface area is 122 Å².